The van der Waals surface area contributed by atoms with Gasteiger partial charge in [0.05, 0.1) is 13.2 Å². The Morgan fingerprint density at radius 2 is 1.73 bits per heavy atom. The first-order chi connectivity index (χ1) is 12.7. The van der Waals surface area contributed by atoms with E-state index in [1.54, 1.807) is 11.0 Å². The maximum atomic E-state index is 13.0. The molecule has 0 spiro atoms. The smallest absolute Gasteiger partial charge is 0.330 e. The summed E-state index contributed by atoms with van der Waals surface area (Å²) in [7, 11) is 1.33. The summed E-state index contributed by atoms with van der Waals surface area (Å²) in [6, 6.07) is 21.1. The van der Waals surface area contributed by atoms with Gasteiger partial charge in [0, 0.05) is 17.3 Å². The van der Waals surface area contributed by atoms with E-state index in [-0.39, 0.29) is 11.9 Å². The molecule has 26 heavy (non-hydrogen) atoms. The first-order valence-electron chi connectivity index (χ1n) is 8.36. The van der Waals surface area contributed by atoms with E-state index in [1.165, 1.54) is 13.2 Å². The SMILES string of the molecule is COC(=O)/C=C/C1c2ccccc2C(=O)N1c1ccc2ccccc2c1. The molecule has 0 aliphatic carbocycles. The van der Waals surface area contributed by atoms with E-state index in [1.807, 2.05) is 66.7 Å². The monoisotopic (exact) mass is 343 g/mol. The van der Waals surface area contributed by atoms with E-state index >= 15 is 0 Å². The van der Waals surface area contributed by atoms with Crippen molar-refractivity contribution in [1.29, 1.82) is 0 Å². The van der Waals surface area contributed by atoms with Gasteiger partial charge in [-0.2, -0.15) is 0 Å². The summed E-state index contributed by atoms with van der Waals surface area (Å²) in [6.45, 7) is 0. The van der Waals surface area contributed by atoms with Gasteiger partial charge in [0.2, 0.25) is 0 Å². The molecular formula is C22H17NO3. The Morgan fingerprint density at radius 3 is 2.54 bits per heavy atom. The molecule has 4 rings (SSSR count). The molecule has 1 aliphatic rings. The number of hydrogen-bond donors (Lipinski definition) is 0. The summed E-state index contributed by atoms with van der Waals surface area (Å²) in [5.74, 6) is -0.518. The van der Waals surface area contributed by atoms with Gasteiger partial charge in [0.25, 0.3) is 5.91 Å². The summed E-state index contributed by atoms with van der Waals surface area (Å²) in [6.07, 6.45) is 3.08. The van der Waals surface area contributed by atoms with Gasteiger partial charge in [0.15, 0.2) is 0 Å². The minimum atomic E-state index is -0.444. The lowest BCUT2D eigenvalue weighted by atomic mass is 10.0. The maximum Gasteiger partial charge on any atom is 0.330 e. The molecule has 0 saturated carbocycles. The summed E-state index contributed by atoms with van der Waals surface area (Å²) in [5, 5.41) is 2.17. The highest BCUT2D eigenvalue weighted by Crippen LogP contribution is 2.39. The van der Waals surface area contributed by atoms with Crippen molar-refractivity contribution in [2.45, 2.75) is 6.04 Å². The fourth-order valence-electron chi connectivity index (χ4n) is 3.38. The second kappa shape index (κ2) is 6.48. The molecule has 1 heterocycles. The average Bonchev–Trinajstić information content (AvgIpc) is 2.98. The number of methoxy groups -OCH3 is 1. The highest BCUT2D eigenvalue weighted by Gasteiger charge is 2.36. The van der Waals surface area contributed by atoms with Crippen LogP contribution in [-0.2, 0) is 9.53 Å². The molecule has 0 aromatic heterocycles. The van der Waals surface area contributed by atoms with Crippen molar-refractivity contribution in [3.8, 4) is 0 Å². The van der Waals surface area contributed by atoms with Crippen LogP contribution < -0.4 is 4.90 Å². The highest BCUT2D eigenvalue weighted by atomic mass is 16.5. The first-order valence-corrected chi connectivity index (χ1v) is 8.36. The van der Waals surface area contributed by atoms with E-state index in [9.17, 15) is 9.59 Å². The van der Waals surface area contributed by atoms with Crippen molar-refractivity contribution in [2.75, 3.05) is 12.0 Å². The van der Waals surface area contributed by atoms with Crippen molar-refractivity contribution in [2.24, 2.45) is 0 Å². The summed E-state index contributed by atoms with van der Waals surface area (Å²) < 4.78 is 4.69. The second-order valence-corrected chi connectivity index (χ2v) is 6.12. The van der Waals surface area contributed by atoms with Crippen LogP contribution in [0.25, 0.3) is 10.8 Å². The van der Waals surface area contributed by atoms with Crippen LogP contribution in [0.15, 0.2) is 78.9 Å². The zero-order valence-corrected chi connectivity index (χ0v) is 14.3. The molecule has 4 heteroatoms. The standard InChI is InChI=1S/C22H17NO3/c1-26-21(24)13-12-20-18-8-4-5-9-19(18)22(25)23(20)17-11-10-15-6-2-3-7-16(15)14-17/h2-14,20H,1H3/b13-12+. The van der Waals surface area contributed by atoms with Gasteiger partial charge < -0.3 is 4.74 Å². The van der Waals surface area contributed by atoms with Crippen LogP contribution in [0.2, 0.25) is 0 Å². The number of carbonyl (C=O) groups is 2. The summed E-state index contributed by atoms with van der Waals surface area (Å²) in [4.78, 5) is 26.3. The number of hydrogen-bond acceptors (Lipinski definition) is 3. The van der Waals surface area contributed by atoms with E-state index < -0.39 is 5.97 Å². The molecule has 1 aliphatic heterocycles. The van der Waals surface area contributed by atoms with Crippen molar-refractivity contribution in [3.05, 3.63) is 90.0 Å². The Balaban J connectivity index is 1.82. The van der Waals surface area contributed by atoms with Crippen LogP contribution in [0.4, 0.5) is 5.69 Å². The molecular weight excluding hydrogens is 326 g/mol. The third kappa shape index (κ3) is 2.65. The van der Waals surface area contributed by atoms with E-state index in [0.717, 1.165) is 22.0 Å². The second-order valence-electron chi connectivity index (χ2n) is 6.12. The molecule has 0 saturated heterocycles. The van der Waals surface area contributed by atoms with Crippen LogP contribution in [0.5, 0.6) is 0 Å². The van der Waals surface area contributed by atoms with Gasteiger partial charge >= 0.3 is 5.97 Å². The molecule has 1 unspecified atom stereocenters. The molecule has 0 bridgehead atoms. The third-order valence-electron chi connectivity index (χ3n) is 4.63. The van der Waals surface area contributed by atoms with Crippen molar-refractivity contribution >= 4 is 28.3 Å². The van der Waals surface area contributed by atoms with Crippen LogP contribution in [-0.4, -0.2) is 19.0 Å². The zero-order valence-electron chi connectivity index (χ0n) is 14.3. The van der Waals surface area contributed by atoms with E-state index in [4.69, 9.17) is 4.74 Å². The normalized spacial score (nSPS) is 16.3. The van der Waals surface area contributed by atoms with Gasteiger partial charge in [-0.1, -0.05) is 48.5 Å². The molecule has 0 radical (unpaired) electrons. The van der Waals surface area contributed by atoms with E-state index in [0.29, 0.717) is 5.56 Å². The van der Waals surface area contributed by atoms with Gasteiger partial charge in [-0.15, -0.1) is 0 Å². The van der Waals surface area contributed by atoms with Gasteiger partial charge in [-0.25, -0.2) is 4.79 Å². The molecule has 128 valence electrons. The van der Waals surface area contributed by atoms with Crippen LogP contribution >= 0.6 is 0 Å². The Hall–Kier alpha value is -3.40. The molecule has 1 atom stereocenters. The minimum Gasteiger partial charge on any atom is -0.466 e. The van der Waals surface area contributed by atoms with Crippen molar-refractivity contribution in [3.63, 3.8) is 0 Å². The van der Waals surface area contributed by atoms with Gasteiger partial charge in [-0.3, -0.25) is 9.69 Å². The van der Waals surface area contributed by atoms with Crippen LogP contribution in [0.3, 0.4) is 0 Å². The summed E-state index contributed by atoms with van der Waals surface area (Å²) >= 11 is 0. The number of ether oxygens (including phenoxy) is 1. The lowest BCUT2D eigenvalue weighted by Gasteiger charge is -2.23. The van der Waals surface area contributed by atoms with Gasteiger partial charge in [-0.05, 0) is 40.6 Å². The predicted octanol–water partition coefficient (Wildman–Crippen LogP) is 4.27. The minimum absolute atomic E-state index is 0.0737. The quantitative estimate of drug-likeness (QED) is 0.527. The number of benzene rings is 3. The fraction of sp³-hybridized carbons (Fsp3) is 0.0909. The van der Waals surface area contributed by atoms with E-state index in [2.05, 4.69) is 0 Å². The number of anilines is 1. The van der Waals surface area contributed by atoms with Gasteiger partial charge in [0.1, 0.15) is 0 Å². The molecule has 3 aromatic carbocycles. The van der Waals surface area contributed by atoms with Crippen molar-refractivity contribution < 1.29 is 14.3 Å². The maximum absolute atomic E-state index is 13.0. The number of carbonyl (C=O) groups excluding carboxylic acids is 2. The average molecular weight is 343 g/mol. The van der Waals surface area contributed by atoms with Crippen LogP contribution in [0, 0.1) is 0 Å². The Kier molecular flexibility index (Phi) is 4.01. The topological polar surface area (TPSA) is 46.6 Å². The number of nitrogens with zero attached hydrogens (tertiary/aromatic N) is 1. The summed E-state index contributed by atoms with van der Waals surface area (Å²) in [5.41, 5.74) is 2.33. The lowest BCUT2D eigenvalue weighted by Crippen LogP contribution is -2.26. The highest BCUT2D eigenvalue weighted by molar-refractivity contribution is 6.12. The van der Waals surface area contributed by atoms with Crippen molar-refractivity contribution in [1.82, 2.24) is 0 Å². The first kappa shape index (κ1) is 16.1. The zero-order chi connectivity index (χ0) is 18.1. The fourth-order valence-corrected chi connectivity index (χ4v) is 3.38. The molecule has 4 nitrogen and oxygen atoms in total. The lowest BCUT2D eigenvalue weighted by molar-refractivity contribution is -0.134. The Morgan fingerprint density at radius 1 is 1.00 bits per heavy atom. The molecule has 3 aromatic rings. The Bertz CT molecular complexity index is 1040. The molecule has 0 N–H and O–H groups in total. The predicted molar refractivity (Wildman–Crippen MR) is 101 cm³/mol. The Labute approximate surface area is 151 Å². The number of fused-ring (bicyclic) bond motifs is 2. The third-order valence-corrected chi connectivity index (χ3v) is 4.63. The number of amides is 1. The largest absolute Gasteiger partial charge is 0.466 e. The number of rotatable bonds is 3. The number of esters is 1. The molecule has 0 fully saturated rings. The molecule has 1 amide bonds. The van der Waals surface area contributed by atoms with Crippen LogP contribution in [0.1, 0.15) is 22.0 Å².